The Labute approximate surface area is 133 Å². The molecule has 0 saturated heterocycles. The van der Waals surface area contributed by atoms with Gasteiger partial charge in [-0.15, -0.1) is 0 Å². The molecule has 4 N–H and O–H groups in total. The van der Waals surface area contributed by atoms with E-state index in [4.69, 9.17) is 15.4 Å². The number of rotatable bonds is 2. The molecule has 0 heterocycles. The summed E-state index contributed by atoms with van der Waals surface area (Å²) in [6.45, 7) is 0. The van der Waals surface area contributed by atoms with Crippen LogP contribution in [-0.4, -0.2) is 24.0 Å². The Morgan fingerprint density at radius 1 is 1.38 bits per heavy atom. The molecule has 9 heteroatoms. The molecule has 1 rings (SSSR count). The van der Waals surface area contributed by atoms with Crippen molar-refractivity contribution >= 4 is 21.8 Å². The number of carbonyl (C=O) groups is 1. The second-order valence-electron chi connectivity index (χ2n) is 2.64. The molecule has 0 unspecified atom stereocenters. The molecule has 0 saturated carbocycles. The standard InChI is InChI=1S/C7H7NO6S.K/c8-3-1-2-4(15(12,13)14)6(9)5(3)7(10)11;/h1-2,9H,8H2,(H,10,11)(H,12,13,14);/q;+1/p-1. The van der Waals surface area contributed by atoms with Gasteiger partial charge in [-0.2, -0.15) is 8.42 Å². The SMILES string of the molecule is Nc1ccc(S(=O)(=O)O)c([O-])c1C(=O)O.[K+]. The van der Waals surface area contributed by atoms with Crippen LogP contribution in [0.2, 0.25) is 0 Å². The second-order valence-corrected chi connectivity index (χ2v) is 4.03. The van der Waals surface area contributed by atoms with Gasteiger partial charge in [0.05, 0.1) is 10.5 Å². The zero-order valence-electron chi connectivity index (χ0n) is 8.17. The Hall–Kier alpha value is -0.164. The number of carboxylic acids is 1. The molecule has 0 bridgehead atoms. The minimum absolute atomic E-state index is 0. The van der Waals surface area contributed by atoms with Crippen LogP contribution < -0.4 is 62.2 Å². The van der Waals surface area contributed by atoms with E-state index in [1.54, 1.807) is 0 Å². The van der Waals surface area contributed by atoms with E-state index in [-0.39, 0.29) is 57.1 Å². The van der Waals surface area contributed by atoms with Crippen LogP contribution >= 0.6 is 0 Å². The van der Waals surface area contributed by atoms with E-state index in [1.807, 2.05) is 0 Å². The normalized spacial score (nSPS) is 10.6. The molecule has 7 nitrogen and oxygen atoms in total. The topological polar surface area (TPSA) is 141 Å². The Morgan fingerprint density at radius 3 is 2.25 bits per heavy atom. The van der Waals surface area contributed by atoms with Crippen molar-refractivity contribution in [2.45, 2.75) is 4.90 Å². The molecule has 0 fully saturated rings. The van der Waals surface area contributed by atoms with Gasteiger partial charge in [0.1, 0.15) is 0 Å². The summed E-state index contributed by atoms with van der Waals surface area (Å²) in [5.74, 6) is -2.98. The predicted molar refractivity (Wildman–Crippen MR) is 47.1 cm³/mol. The first-order chi connectivity index (χ1) is 6.75. The average Bonchev–Trinajstić information content (AvgIpc) is 2.00. The number of aromatic carboxylic acids is 1. The van der Waals surface area contributed by atoms with Gasteiger partial charge in [0.25, 0.3) is 10.1 Å². The summed E-state index contributed by atoms with van der Waals surface area (Å²) in [5.41, 5.74) is 3.95. The van der Waals surface area contributed by atoms with Crippen LogP contribution in [0.3, 0.4) is 0 Å². The third kappa shape index (κ3) is 3.17. The molecule has 1 aromatic carbocycles. The van der Waals surface area contributed by atoms with Gasteiger partial charge >= 0.3 is 57.4 Å². The van der Waals surface area contributed by atoms with Crippen molar-refractivity contribution in [1.29, 1.82) is 0 Å². The summed E-state index contributed by atoms with van der Waals surface area (Å²) in [6.07, 6.45) is 0. The van der Waals surface area contributed by atoms with Crippen molar-refractivity contribution in [3.63, 3.8) is 0 Å². The van der Waals surface area contributed by atoms with Crippen molar-refractivity contribution in [2.75, 3.05) is 5.73 Å². The van der Waals surface area contributed by atoms with E-state index >= 15 is 0 Å². The van der Waals surface area contributed by atoms with Gasteiger partial charge < -0.3 is 15.9 Å². The zero-order chi connectivity index (χ0) is 11.8. The number of nitrogens with two attached hydrogens (primary N) is 1. The predicted octanol–water partition coefficient (Wildman–Crippen LogP) is -3.71. The van der Waals surface area contributed by atoms with E-state index in [2.05, 4.69) is 0 Å². The first kappa shape index (κ1) is 15.8. The number of carboxylic acid groups (broad SMARTS) is 1. The maximum atomic E-state index is 11.3. The maximum Gasteiger partial charge on any atom is 1.00 e. The van der Waals surface area contributed by atoms with Crippen molar-refractivity contribution in [1.82, 2.24) is 0 Å². The molecule has 0 radical (unpaired) electrons. The molecular weight excluding hydrogens is 265 g/mol. The minimum Gasteiger partial charge on any atom is -0.871 e. The molecule has 82 valence electrons. The molecule has 0 aliphatic heterocycles. The van der Waals surface area contributed by atoms with Gasteiger partial charge in [-0.05, 0) is 12.1 Å². The van der Waals surface area contributed by atoms with Crippen LogP contribution in [0.25, 0.3) is 0 Å². The Balaban J connectivity index is 0.00000225. The Bertz CT molecular complexity index is 526. The van der Waals surface area contributed by atoms with E-state index in [0.717, 1.165) is 12.1 Å². The summed E-state index contributed by atoms with van der Waals surface area (Å²) in [5, 5.41) is 19.9. The number of hydrogen-bond donors (Lipinski definition) is 3. The van der Waals surface area contributed by atoms with Gasteiger partial charge in [0, 0.05) is 5.69 Å². The first-order valence-corrected chi connectivity index (χ1v) is 4.99. The smallest absolute Gasteiger partial charge is 0.871 e. The van der Waals surface area contributed by atoms with Gasteiger partial charge in [0.2, 0.25) is 0 Å². The fraction of sp³-hybridized carbons (Fsp3) is 0. The third-order valence-corrected chi connectivity index (χ3v) is 2.52. The van der Waals surface area contributed by atoms with Crippen molar-refractivity contribution < 1.29 is 79.4 Å². The fourth-order valence-corrected chi connectivity index (χ4v) is 1.58. The van der Waals surface area contributed by atoms with Crippen molar-refractivity contribution in [2.24, 2.45) is 0 Å². The van der Waals surface area contributed by atoms with Crippen LogP contribution in [0.1, 0.15) is 10.4 Å². The van der Waals surface area contributed by atoms with Crippen LogP contribution in [0.5, 0.6) is 5.75 Å². The second kappa shape index (κ2) is 5.45. The molecule has 1 aromatic rings. The van der Waals surface area contributed by atoms with Crippen LogP contribution in [0.15, 0.2) is 17.0 Å². The number of anilines is 1. The summed E-state index contributed by atoms with van der Waals surface area (Å²) < 4.78 is 29.9. The summed E-state index contributed by atoms with van der Waals surface area (Å²) in [7, 11) is -4.74. The maximum absolute atomic E-state index is 11.3. The Morgan fingerprint density at radius 2 is 1.88 bits per heavy atom. The summed E-state index contributed by atoms with van der Waals surface area (Å²) in [4.78, 5) is 9.56. The zero-order valence-corrected chi connectivity index (χ0v) is 12.1. The fourth-order valence-electron chi connectivity index (χ4n) is 1.00. The first-order valence-electron chi connectivity index (χ1n) is 3.55. The largest absolute Gasteiger partial charge is 1.00 e. The quantitative estimate of drug-likeness (QED) is 0.285. The molecule has 16 heavy (non-hydrogen) atoms. The minimum atomic E-state index is -4.74. The molecule has 0 atom stereocenters. The van der Waals surface area contributed by atoms with Gasteiger partial charge in [-0.1, -0.05) is 5.75 Å². The summed E-state index contributed by atoms with van der Waals surface area (Å²) >= 11 is 0. The number of hydrogen-bond acceptors (Lipinski definition) is 5. The molecular formula is C7H6KNO6S. The van der Waals surface area contributed by atoms with Crippen LogP contribution in [0.4, 0.5) is 5.69 Å². The van der Waals surface area contributed by atoms with E-state index in [1.165, 1.54) is 0 Å². The van der Waals surface area contributed by atoms with Crippen LogP contribution in [0, 0.1) is 0 Å². The van der Waals surface area contributed by atoms with Gasteiger partial charge in [-0.25, -0.2) is 4.79 Å². The number of benzene rings is 1. The number of nitrogen functional groups attached to an aromatic ring is 1. The summed E-state index contributed by atoms with van der Waals surface area (Å²) in [6, 6.07) is 1.67. The van der Waals surface area contributed by atoms with E-state index < -0.39 is 32.3 Å². The monoisotopic (exact) mass is 271 g/mol. The molecule has 0 amide bonds. The van der Waals surface area contributed by atoms with Crippen molar-refractivity contribution in [3.05, 3.63) is 17.7 Å². The van der Waals surface area contributed by atoms with Crippen molar-refractivity contribution in [3.8, 4) is 5.75 Å². The van der Waals surface area contributed by atoms with E-state index in [9.17, 15) is 18.3 Å². The molecule has 0 aliphatic carbocycles. The molecule has 0 aromatic heterocycles. The van der Waals surface area contributed by atoms with Gasteiger partial charge in [-0.3, -0.25) is 4.55 Å². The third-order valence-electron chi connectivity index (χ3n) is 1.65. The molecule has 0 aliphatic rings. The molecule has 0 spiro atoms. The average molecular weight is 271 g/mol. The van der Waals surface area contributed by atoms with Crippen LogP contribution in [-0.2, 0) is 10.1 Å². The van der Waals surface area contributed by atoms with E-state index in [0.29, 0.717) is 0 Å². The van der Waals surface area contributed by atoms with Gasteiger partial charge in [0.15, 0.2) is 0 Å². The Kier molecular flexibility index (Phi) is 5.39.